The minimum absolute atomic E-state index is 0.0774. The molecule has 1 aromatic heterocycles. The molecule has 1 heterocycles. The molecule has 2 aromatic rings. The van der Waals surface area contributed by atoms with Crippen LogP contribution in [0.2, 0.25) is 0 Å². The number of benzene rings is 1. The molecule has 0 radical (unpaired) electrons. The van der Waals surface area contributed by atoms with Crippen LogP contribution in [0.3, 0.4) is 0 Å². The van der Waals surface area contributed by atoms with Gasteiger partial charge in [0.25, 0.3) is 5.69 Å². The Morgan fingerprint density at radius 2 is 2.00 bits per heavy atom. The van der Waals surface area contributed by atoms with E-state index in [2.05, 4.69) is 15.6 Å². The monoisotopic (exact) mass is 238 g/mol. The lowest BCUT2D eigenvalue weighted by Crippen LogP contribution is -2.07. The lowest BCUT2D eigenvalue weighted by Gasteiger charge is -1.96. The van der Waals surface area contributed by atoms with Crippen LogP contribution in [0.15, 0.2) is 12.1 Å². The number of aromatic nitrogens is 2. The molecule has 10 heteroatoms. The highest BCUT2D eigenvalue weighted by molar-refractivity contribution is 5.97. The van der Waals surface area contributed by atoms with Gasteiger partial charge < -0.3 is 5.43 Å². The van der Waals surface area contributed by atoms with Crippen LogP contribution < -0.4 is 11.3 Å². The molecular weight excluding hydrogens is 232 g/mol. The van der Waals surface area contributed by atoms with Crippen LogP contribution in [0.5, 0.6) is 0 Å². The third-order valence-corrected chi connectivity index (χ3v) is 2.18. The Bertz CT molecular complexity index is 620. The molecule has 0 spiro atoms. The van der Waals surface area contributed by atoms with Gasteiger partial charge in [0.1, 0.15) is 5.52 Å². The van der Waals surface area contributed by atoms with Crippen LogP contribution >= 0.6 is 0 Å². The fraction of sp³-hybridized carbons (Fsp3) is 0. The quantitative estimate of drug-likeness (QED) is 0.403. The number of nitrogens with two attached hydrogens (primary N) is 1. The Kier molecular flexibility index (Phi) is 2.33. The molecule has 88 valence electrons. The number of nitro groups is 2. The van der Waals surface area contributed by atoms with Crippen molar-refractivity contribution in [3.63, 3.8) is 0 Å². The van der Waals surface area contributed by atoms with Crippen molar-refractivity contribution in [3.05, 3.63) is 32.4 Å². The fourth-order valence-corrected chi connectivity index (χ4v) is 1.45. The highest BCUT2D eigenvalue weighted by Gasteiger charge is 2.22. The molecular formula is C7H6N6O4. The number of nitro benzene ring substituents is 2. The number of aromatic amines is 1. The van der Waals surface area contributed by atoms with Crippen molar-refractivity contribution in [1.29, 1.82) is 0 Å². The van der Waals surface area contributed by atoms with Gasteiger partial charge in [0.2, 0.25) is 0 Å². The summed E-state index contributed by atoms with van der Waals surface area (Å²) < 4.78 is 0. The van der Waals surface area contributed by atoms with Crippen LogP contribution in [-0.4, -0.2) is 20.0 Å². The van der Waals surface area contributed by atoms with Crippen molar-refractivity contribution < 1.29 is 9.85 Å². The molecule has 2 rings (SSSR count). The van der Waals surface area contributed by atoms with E-state index in [1.165, 1.54) is 0 Å². The first-order chi connectivity index (χ1) is 8.04. The SMILES string of the molecule is NNc1n[nH]c2c([N+](=O)[O-])cc([N+](=O)[O-])cc12. The van der Waals surface area contributed by atoms with Gasteiger partial charge in [-0.3, -0.25) is 25.3 Å². The standard InChI is InChI=1S/C7H6N6O4/c8-9-7-4-1-3(12(14)15)2-5(13(16)17)6(4)10-11-7/h1-2H,8H2,(H2,9,10,11). The number of anilines is 1. The molecule has 0 atom stereocenters. The van der Waals surface area contributed by atoms with Gasteiger partial charge in [-0.05, 0) is 0 Å². The average molecular weight is 238 g/mol. The van der Waals surface area contributed by atoms with Gasteiger partial charge in [-0.15, -0.1) is 0 Å². The number of hydrogen-bond donors (Lipinski definition) is 3. The molecule has 0 aliphatic rings. The van der Waals surface area contributed by atoms with E-state index in [1.807, 2.05) is 0 Å². The second-order valence-corrected chi connectivity index (χ2v) is 3.12. The molecule has 0 bridgehead atoms. The average Bonchev–Trinajstić information content (AvgIpc) is 2.69. The second-order valence-electron chi connectivity index (χ2n) is 3.12. The summed E-state index contributed by atoms with van der Waals surface area (Å²) in [6.07, 6.45) is 0. The molecule has 10 nitrogen and oxygen atoms in total. The summed E-state index contributed by atoms with van der Waals surface area (Å²) in [5.41, 5.74) is 1.44. The van der Waals surface area contributed by atoms with Gasteiger partial charge in [0.15, 0.2) is 5.82 Å². The summed E-state index contributed by atoms with van der Waals surface area (Å²) in [7, 11) is 0. The summed E-state index contributed by atoms with van der Waals surface area (Å²) in [4.78, 5) is 20.0. The van der Waals surface area contributed by atoms with Crippen LogP contribution in [0.4, 0.5) is 17.2 Å². The van der Waals surface area contributed by atoms with Crippen molar-refractivity contribution in [1.82, 2.24) is 10.2 Å². The highest BCUT2D eigenvalue weighted by Crippen LogP contribution is 2.32. The zero-order valence-corrected chi connectivity index (χ0v) is 8.21. The minimum Gasteiger partial charge on any atom is -0.306 e. The number of hydrazine groups is 1. The maximum atomic E-state index is 10.8. The fourth-order valence-electron chi connectivity index (χ4n) is 1.45. The number of hydrogen-bond acceptors (Lipinski definition) is 7. The van der Waals surface area contributed by atoms with Crippen LogP contribution in [0.25, 0.3) is 10.9 Å². The third-order valence-electron chi connectivity index (χ3n) is 2.18. The van der Waals surface area contributed by atoms with Crippen molar-refractivity contribution in [2.24, 2.45) is 5.84 Å². The van der Waals surface area contributed by atoms with Crippen LogP contribution in [-0.2, 0) is 0 Å². The topological polar surface area (TPSA) is 153 Å². The summed E-state index contributed by atoms with van der Waals surface area (Å²) in [6.45, 7) is 0. The highest BCUT2D eigenvalue weighted by atomic mass is 16.6. The van der Waals surface area contributed by atoms with E-state index in [0.29, 0.717) is 0 Å². The Hall–Kier alpha value is -2.75. The molecule has 0 fully saturated rings. The van der Waals surface area contributed by atoms with Crippen molar-refractivity contribution in [2.75, 3.05) is 5.43 Å². The molecule has 4 N–H and O–H groups in total. The first kappa shape index (κ1) is 10.8. The zero-order valence-electron chi connectivity index (χ0n) is 8.21. The molecule has 0 saturated heterocycles. The number of nitrogens with zero attached hydrogens (tertiary/aromatic N) is 3. The maximum Gasteiger partial charge on any atom is 0.301 e. The zero-order chi connectivity index (χ0) is 12.6. The van der Waals surface area contributed by atoms with E-state index in [1.54, 1.807) is 0 Å². The van der Waals surface area contributed by atoms with E-state index in [4.69, 9.17) is 5.84 Å². The predicted octanol–water partition coefficient (Wildman–Crippen LogP) is 0.665. The molecule has 0 amide bonds. The normalized spacial score (nSPS) is 10.4. The van der Waals surface area contributed by atoms with E-state index in [-0.39, 0.29) is 16.7 Å². The lowest BCUT2D eigenvalue weighted by atomic mass is 10.2. The summed E-state index contributed by atoms with van der Waals surface area (Å²) in [5, 5.41) is 27.7. The Labute approximate surface area is 92.7 Å². The molecule has 0 saturated carbocycles. The van der Waals surface area contributed by atoms with Crippen molar-refractivity contribution in [3.8, 4) is 0 Å². The first-order valence-electron chi connectivity index (χ1n) is 4.32. The van der Waals surface area contributed by atoms with Crippen LogP contribution in [0, 0.1) is 20.2 Å². The molecule has 0 aliphatic heterocycles. The number of H-pyrrole nitrogens is 1. The Morgan fingerprint density at radius 1 is 1.29 bits per heavy atom. The van der Waals surface area contributed by atoms with Crippen molar-refractivity contribution in [2.45, 2.75) is 0 Å². The van der Waals surface area contributed by atoms with E-state index >= 15 is 0 Å². The summed E-state index contributed by atoms with van der Waals surface area (Å²) in [6, 6.07) is 2.02. The van der Waals surface area contributed by atoms with E-state index in [0.717, 1.165) is 12.1 Å². The van der Waals surface area contributed by atoms with Gasteiger partial charge in [-0.25, -0.2) is 5.84 Å². The third kappa shape index (κ3) is 1.61. The van der Waals surface area contributed by atoms with E-state index < -0.39 is 21.2 Å². The van der Waals surface area contributed by atoms with Crippen molar-refractivity contribution >= 4 is 28.1 Å². The number of nitrogen functional groups attached to an aromatic ring is 1. The van der Waals surface area contributed by atoms with Crippen LogP contribution in [0.1, 0.15) is 0 Å². The maximum absolute atomic E-state index is 10.8. The van der Waals surface area contributed by atoms with Gasteiger partial charge in [0, 0.05) is 6.07 Å². The Morgan fingerprint density at radius 3 is 2.53 bits per heavy atom. The Balaban J connectivity index is 2.83. The van der Waals surface area contributed by atoms with Gasteiger partial charge in [0.05, 0.1) is 21.3 Å². The largest absolute Gasteiger partial charge is 0.306 e. The predicted molar refractivity (Wildman–Crippen MR) is 57.2 cm³/mol. The number of rotatable bonds is 3. The smallest absolute Gasteiger partial charge is 0.301 e. The summed E-state index contributed by atoms with van der Waals surface area (Å²) >= 11 is 0. The lowest BCUT2D eigenvalue weighted by molar-refractivity contribution is -0.393. The summed E-state index contributed by atoms with van der Waals surface area (Å²) in [5.74, 6) is 5.24. The molecule has 0 aliphatic carbocycles. The van der Waals surface area contributed by atoms with Gasteiger partial charge in [-0.1, -0.05) is 0 Å². The van der Waals surface area contributed by atoms with Gasteiger partial charge >= 0.3 is 5.69 Å². The minimum atomic E-state index is -0.728. The number of non-ortho nitro benzene ring substituents is 2. The van der Waals surface area contributed by atoms with E-state index in [9.17, 15) is 20.2 Å². The van der Waals surface area contributed by atoms with Gasteiger partial charge in [-0.2, -0.15) is 5.10 Å². The molecule has 0 unspecified atom stereocenters. The first-order valence-corrected chi connectivity index (χ1v) is 4.32. The second kappa shape index (κ2) is 3.68. The molecule has 17 heavy (non-hydrogen) atoms. The molecule has 1 aromatic carbocycles. The number of nitrogens with one attached hydrogen (secondary N) is 2. The number of fused-ring (bicyclic) bond motifs is 1.